The van der Waals surface area contributed by atoms with Crippen molar-refractivity contribution in [2.24, 2.45) is 5.22 Å². The minimum Gasteiger partial charge on any atom is -0.465 e. The zero-order chi connectivity index (χ0) is 27.0. The Balaban J connectivity index is 1.53. The summed E-state index contributed by atoms with van der Waals surface area (Å²) in [5.74, 6) is -1.12. The van der Waals surface area contributed by atoms with Gasteiger partial charge in [-0.15, -0.1) is 11.3 Å². The molecule has 4 aromatic rings. The molecule has 1 aliphatic carbocycles. The van der Waals surface area contributed by atoms with Crippen LogP contribution in [-0.2, 0) is 11.2 Å². The van der Waals surface area contributed by atoms with Gasteiger partial charge in [-0.25, -0.2) is 19.2 Å². The van der Waals surface area contributed by atoms with Gasteiger partial charge in [0.2, 0.25) is 11.9 Å². The third kappa shape index (κ3) is 4.41. The maximum absolute atomic E-state index is 14.9. The van der Waals surface area contributed by atoms with Crippen molar-refractivity contribution >= 4 is 40.9 Å². The topological polar surface area (TPSA) is 142 Å². The molecule has 0 spiro atoms. The highest BCUT2D eigenvalue weighted by Gasteiger charge is 2.35. The van der Waals surface area contributed by atoms with E-state index in [0.29, 0.717) is 51.9 Å². The van der Waals surface area contributed by atoms with Crippen molar-refractivity contribution in [1.29, 1.82) is 10.9 Å². The normalized spacial score (nSPS) is 14.6. The molecule has 0 radical (unpaired) electrons. The first-order valence-corrected chi connectivity index (χ1v) is 12.8. The molecule has 1 atom stereocenters. The molecule has 0 amide bonds. The van der Waals surface area contributed by atoms with Crippen LogP contribution in [0.15, 0.2) is 47.3 Å². The highest BCUT2D eigenvalue weighted by atomic mass is 35.5. The summed E-state index contributed by atoms with van der Waals surface area (Å²) in [5.41, 5.74) is 11.3. The summed E-state index contributed by atoms with van der Waals surface area (Å²) in [5, 5.41) is 25.1. The van der Waals surface area contributed by atoms with E-state index in [1.54, 1.807) is 24.4 Å². The first kappa shape index (κ1) is 25.5. The average Bonchev–Trinajstić information content (AvgIpc) is 3.56. The van der Waals surface area contributed by atoms with E-state index in [1.807, 2.05) is 6.07 Å². The van der Waals surface area contributed by atoms with Crippen LogP contribution in [-0.4, -0.2) is 34.6 Å². The van der Waals surface area contributed by atoms with Crippen LogP contribution in [0.3, 0.4) is 0 Å². The van der Waals surface area contributed by atoms with Crippen molar-refractivity contribution in [3.63, 3.8) is 0 Å². The summed E-state index contributed by atoms with van der Waals surface area (Å²) in [7, 11) is 1.20. The number of pyridine rings is 1. The quantitative estimate of drug-likeness (QED) is 0.0438. The molecule has 0 aliphatic heterocycles. The van der Waals surface area contributed by atoms with E-state index in [9.17, 15) is 14.4 Å². The number of H-pyrrole nitrogens is 1. The number of aryl methyl sites for hydroxylation is 1. The lowest BCUT2D eigenvalue weighted by atomic mass is 9.85. The van der Waals surface area contributed by atoms with Gasteiger partial charge in [0.1, 0.15) is 23.0 Å². The predicted octanol–water partition coefficient (Wildman–Crippen LogP) is 5.74. The Kier molecular flexibility index (Phi) is 6.91. The Labute approximate surface area is 225 Å². The fourth-order valence-electron chi connectivity index (χ4n) is 4.78. The van der Waals surface area contributed by atoms with Gasteiger partial charge < -0.3 is 9.72 Å². The zero-order valence-electron chi connectivity index (χ0n) is 20.0. The van der Waals surface area contributed by atoms with E-state index >= 15 is 0 Å². The molecule has 1 aliphatic rings. The minimum absolute atomic E-state index is 0.109. The van der Waals surface area contributed by atoms with E-state index in [-0.39, 0.29) is 16.4 Å². The summed E-state index contributed by atoms with van der Waals surface area (Å²) in [6.45, 7) is 0. The lowest BCUT2D eigenvalue weighted by molar-refractivity contribution is -0.910. The van der Waals surface area contributed by atoms with Gasteiger partial charge in [-0.2, -0.15) is 5.53 Å². The maximum atomic E-state index is 14.9. The van der Waals surface area contributed by atoms with Crippen LogP contribution in [0, 0.1) is 16.8 Å². The number of ether oxygens (including phenoxy) is 1. The van der Waals surface area contributed by atoms with Crippen LogP contribution in [0.2, 0.25) is 5.02 Å². The number of benzene rings is 1. The molecule has 0 saturated carbocycles. The zero-order valence-corrected chi connectivity index (χ0v) is 21.6. The van der Waals surface area contributed by atoms with Crippen molar-refractivity contribution in [1.82, 2.24) is 9.97 Å². The summed E-state index contributed by atoms with van der Waals surface area (Å²) < 4.78 is 20.6. The molecule has 10 nitrogen and oxygen atoms in total. The van der Waals surface area contributed by atoms with Crippen molar-refractivity contribution in [2.45, 2.75) is 25.2 Å². The van der Waals surface area contributed by atoms with E-state index in [1.165, 1.54) is 18.7 Å². The van der Waals surface area contributed by atoms with Gasteiger partial charge in [-0.3, -0.25) is 10.6 Å². The second-order valence-corrected chi connectivity index (χ2v) is 9.95. The molecular weight excluding hydrogens is 533 g/mol. The number of methoxy groups -OCH3 is 1. The number of nitrogens with one attached hydrogen (secondary N) is 3. The number of carbonyl (C=O) groups excluding carboxylic acids is 1. The molecule has 194 valence electrons. The minimum atomic E-state index is -0.736. The van der Waals surface area contributed by atoms with Crippen LogP contribution in [0.25, 0.3) is 22.4 Å². The number of imidazole rings is 1. The van der Waals surface area contributed by atoms with Crippen molar-refractivity contribution in [3.05, 3.63) is 74.8 Å². The number of thiophene rings is 1. The molecule has 1 unspecified atom stereocenters. The predicted molar refractivity (Wildman–Crippen MR) is 139 cm³/mol. The molecule has 5 rings (SSSR count). The van der Waals surface area contributed by atoms with Crippen LogP contribution >= 0.6 is 22.9 Å². The number of halogens is 2. The van der Waals surface area contributed by atoms with Gasteiger partial charge in [0, 0.05) is 31.8 Å². The number of aromatic amines is 1. The van der Waals surface area contributed by atoms with E-state index < -0.39 is 11.8 Å². The maximum Gasteiger partial charge on any atom is 0.351 e. The van der Waals surface area contributed by atoms with Crippen LogP contribution < -0.4 is 9.74 Å². The first-order valence-electron chi connectivity index (χ1n) is 11.5. The number of nitrogens with zero attached hydrogens (tertiary/aromatic N) is 4. The van der Waals surface area contributed by atoms with Crippen LogP contribution in [0.5, 0.6) is 0 Å². The number of aromatic nitrogens is 3. The molecule has 38 heavy (non-hydrogen) atoms. The Morgan fingerprint density at radius 3 is 2.97 bits per heavy atom. The molecular formula is C25H22ClFN7O3S+. The standard InChI is InChI=1S/C25H22ClFN7O3S/c1-37-25(35)23-21(27)18(11-38-23)19-9-30-24(31-19)16-4-2-3-13-7-14(10-34(36)22(13)16)17-8-15(26)5-6-20(17)33(12-28)32-29/h5-12,16,28-29,36H,2-4H2,1H3,(H,30,31)/q+1. The number of rotatable bonds is 7. The summed E-state index contributed by atoms with van der Waals surface area (Å²) in [6.07, 6.45) is 6.22. The first-order chi connectivity index (χ1) is 18.4. The Morgan fingerprint density at radius 2 is 2.24 bits per heavy atom. The Bertz CT molecular complexity index is 1560. The van der Waals surface area contributed by atoms with Gasteiger partial charge in [0.25, 0.3) is 0 Å². The fraction of sp³-hybridized carbons (Fsp3) is 0.200. The Hall–Kier alpha value is -4.16. The highest BCUT2D eigenvalue weighted by molar-refractivity contribution is 7.12. The van der Waals surface area contributed by atoms with Gasteiger partial charge in [0.05, 0.1) is 30.3 Å². The smallest absolute Gasteiger partial charge is 0.351 e. The van der Waals surface area contributed by atoms with Gasteiger partial charge >= 0.3 is 5.97 Å². The number of carbonyl (C=O) groups is 1. The van der Waals surface area contributed by atoms with E-state index in [0.717, 1.165) is 39.4 Å². The number of esters is 1. The van der Waals surface area contributed by atoms with E-state index in [4.69, 9.17) is 22.5 Å². The summed E-state index contributed by atoms with van der Waals surface area (Å²) in [6, 6.07) is 6.94. The fourth-order valence-corrected chi connectivity index (χ4v) is 5.81. The summed E-state index contributed by atoms with van der Waals surface area (Å²) in [4.78, 5) is 19.3. The molecule has 0 bridgehead atoms. The van der Waals surface area contributed by atoms with E-state index in [2.05, 4.69) is 19.9 Å². The van der Waals surface area contributed by atoms with Crippen molar-refractivity contribution in [3.8, 4) is 22.4 Å². The monoisotopic (exact) mass is 554 g/mol. The van der Waals surface area contributed by atoms with Gasteiger partial charge in [-0.05, 0) is 43.5 Å². The number of hydrogen-bond donors (Lipinski definition) is 4. The van der Waals surface area contributed by atoms with Crippen LogP contribution in [0.1, 0.15) is 45.5 Å². The van der Waals surface area contributed by atoms with Crippen molar-refractivity contribution < 1.29 is 23.9 Å². The second-order valence-electron chi connectivity index (χ2n) is 8.63. The Morgan fingerprint density at radius 1 is 1.42 bits per heavy atom. The lowest BCUT2D eigenvalue weighted by Crippen LogP contribution is -2.40. The molecule has 4 N–H and O–H groups in total. The molecule has 3 aromatic heterocycles. The molecule has 13 heteroatoms. The van der Waals surface area contributed by atoms with Gasteiger partial charge in [0.15, 0.2) is 5.82 Å². The molecule has 1 aromatic carbocycles. The summed E-state index contributed by atoms with van der Waals surface area (Å²) >= 11 is 7.21. The SMILES string of the molecule is COC(=O)c1scc(-c2cnc(C3CCCc4cc(-c5cc(Cl)ccc5N(C=N)N=N)c[n+](O)c43)[nH]2)c1F. The number of anilines is 1. The van der Waals surface area contributed by atoms with Gasteiger partial charge in [-0.1, -0.05) is 16.8 Å². The largest absolute Gasteiger partial charge is 0.465 e. The second kappa shape index (κ2) is 10.3. The van der Waals surface area contributed by atoms with Crippen LogP contribution in [0.4, 0.5) is 10.1 Å². The molecule has 0 fully saturated rings. The van der Waals surface area contributed by atoms with Crippen molar-refractivity contribution in [2.75, 3.05) is 12.1 Å². The lowest BCUT2D eigenvalue weighted by Gasteiger charge is -2.21. The highest BCUT2D eigenvalue weighted by Crippen LogP contribution is 2.39. The third-order valence-electron chi connectivity index (χ3n) is 6.50. The number of hydrogen-bond acceptors (Lipinski definition) is 8. The number of fused-ring (bicyclic) bond motifs is 1. The molecule has 0 saturated heterocycles. The third-order valence-corrected chi connectivity index (χ3v) is 7.67. The average molecular weight is 555 g/mol. The molecule has 3 heterocycles.